The number of para-hydroxylation sites is 1. The Balaban J connectivity index is 1.89. The fourth-order valence-corrected chi connectivity index (χ4v) is 2.28. The van der Waals surface area contributed by atoms with Crippen LogP contribution < -0.4 is 10.9 Å². The van der Waals surface area contributed by atoms with Crippen LogP contribution in [-0.4, -0.2) is 20.6 Å². The number of carbonyl (C=O) groups is 1. The van der Waals surface area contributed by atoms with Crippen LogP contribution in [-0.2, 0) is 4.79 Å². The molecule has 6 nitrogen and oxygen atoms in total. The van der Waals surface area contributed by atoms with Gasteiger partial charge in [0.15, 0.2) is 0 Å². The molecule has 1 aromatic heterocycles. The molecule has 1 amide bonds. The maximum Gasteiger partial charge on any atom is 0.261 e. The van der Waals surface area contributed by atoms with Crippen LogP contribution in [0.15, 0.2) is 59.7 Å². The first-order valence-corrected chi connectivity index (χ1v) is 7.12. The summed E-state index contributed by atoms with van der Waals surface area (Å²) in [5.74, 6) is -0.221. The first kappa shape index (κ1) is 14.8. The third-order valence-electron chi connectivity index (χ3n) is 3.62. The molecule has 116 valence electrons. The number of nitrogens with zero attached hydrogens (tertiary/aromatic N) is 2. The van der Waals surface area contributed by atoms with Crippen molar-refractivity contribution in [2.75, 3.05) is 5.32 Å². The van der Waals surface area contributed by atoms with Crippen LogP contribution in [0.2, 0.25) is 0 Å². The number of anilines is 1. The third kappa shape index (κ3) is 2.91. The lowest BCUT2D eigenvalue weighted by Crippen LogP contribution is -2.31. The number of fused-ring (bicyclic) bond motifs is 1. The second-order valence-corrected chi connectivity index (χ2v) is 5.19. The summed E-state index contributed by atoms with van der Waals surface area (Å²) in [5.41, 5.74) is 0.880. The zero-order valence-electron chi connectivity index (χ0n) is 12.4. The first-order valence-electron chi connectivity index (χ1n) is 7.12. The molecule has 2 aromatic carbocycles. The summed E-state index contributed by atoms with van der Waals surface area (Å²) >= 11 is 0. The molecule has 0 saturated heterocycles. The van der Waals surface area contributed by atoms with Gasteiger partial charge in [-0.25, -0.2) is 4.98 Å². The Morgan fingerprint density at radius 2 is 1.87 bits per heavy atom. The Morgan fingerprint density at radius 3 is 2.61 bits per heavy atom. The van der Waals surface area contributed by atoms with Crippen molar-refractivity contribution in [1.82, 2.24) is 9.55 Å². The van der Waals surface area contributed by atoms with Gasteiger partial charge in [0.1, 0.15) is 11.8 Å². The van der Waals surface area contributed by atoms with Crippen LogP contribution in [0.4, 0.5) is 5.69 Å². The highest BCUT2D eigenvalue weighted by Crippen LogP contribution is 2.16. The van der Waals surface area contributed by atoms with E-state index in [0.29, 0.717) is 16.6 Å². The quantitative estimate of drug-likeness (QED) is 0.727. The van der Waals surface area contributed by atoms with Crippen molar-refractivity contribution in [1.29, 1.82) is 0 Å². The van der Waals surface area contributed by atoms with Crippen LogP contribution in [0.25, 0.3) is 10.9 Å². The van der Waals surface area contributed by atoms with Crippen LogP contribution in [0, 0.1) is 0 Å². The van der Waals surface area contributed by atoms with E-state index in [1.807, 2.05) is 0 Å². The van der Waals surface area contributed by atoms with E-state index < -0.39 is 6.04 Å². The third-order valence-corrected chi connectivity index (χ3v) is 3.62. The number of nitrogens with one attached hydrogen (secondary N) is 1. The molecular weight excluding hydrogens is 294 g/mol. The molecular formula is C17H15N3O3. The summed E-state index contributed by atoms with van der Waals surface area (Å²) in [5, 5.41) is 12.4. The molecule has 3 rings (SSSR count). The van der Waals surface area contributed by atoms with E-state index in [4.69, 9.17) is 0 Å². The Kier molecular flexibility index (Phi) is 3.80. The molecule has 0 bridgehead atoms. The lowest BCUT2D eigenvalue weighted by Gasteiger charge is -2.15. The number of amides is 1. The molecule has 0 fully saturated rings. The monoisotopic (exact) mass is 309 g/mol. The van der Waals surface area contributed by atoms with Gasteiger partial charge >= 0.3 is 0 Å². The first-order chi connectivity index (χ1) is 11.1. The van der Waals surface area contributed by atoms with Crippen molar-refractivity contribution < 1.29 is 9.90 Å². The van der Waals surface area contributed by atoms with Gasteiger partial charge in [-0.2, -0.15) is 0 Å². The molecule has 0 spiro atoms. The van der Waals surface area contributed by atoms with E-state index in [-0.39, 0.29) is 17.2 Å². The van der Waals surface area contributed by atoms with E-state index in [1.54, 1.807) is 43.3 Å². The summed E-state index contributed by atoms with van der Waals surface area (Å²) in [7, 11) is 0. The van der Waals surface area contributed by atoms with Gasteiger partial charge in [0.2, 0.25) is 5.91 Å². The number of phenols is 1. The predicted octanol–water partition coefficient (Wildman–Crippen LogP) is 2.30. The van der Waals surface area contributed by atoms with Crippen molar-refractivity contribution >= 4 is 22.5 Å². The van der Waals surface area contributed by atoms with E-state index in [0.717, 1.165) is 0 Å². The number of rotatable bonds is 3. The number of carbonyl (C=O) groups excluding carboxylic acids is 1. The summed E-state index contributed by atoms with van der Waals surface area (Å²) < 4.78 is 1.30. The average molecular weight is 309 g/mol. The van der Waals surface area contributed by atoms with E-state index in [2.05, 4.69) is 10.3 Å². The minimum atomic E-state index is -0.714. The molecule has 6 heteroatoms. The van der Waals surface area contributed by atoms with Crippen LogP contribution in [0.3, 0.4) is 0 Å². The largest absolute Gasteiger partial charge is 0.508 e. The van der Waals surface area contributed by atoms with Gasteiger partial charge in [-0.15, -0.1) is 0 Å². The number of hydrogen-bond donors (Lipinski definition) is 2. The molecule has 0 aliphatic carbocycles. The minimum absolute atomic E-state index is 0.117. The zero-order chi connectivity index (χ0) is 16.4. The summed E-state index contributed by atoms with van der Waals surface area (Å²) in [6, 6.07) is 12.4. The number of benzene rings is 2. The smallest absolute Gasteiger partial charge is 0.261 e. The fourth-order valence-electron chi connectivity index (χ4n) is 2.28. The van der Waals surface area contributed by atoms with Gasteiger partial charge < -0.3 is 10.4 Å². The lowest BCUT2D eigenvalue weighted by molar-refractivity contribution is -0.118. The SMILES string of the molecule is C[C@@H](C(=O)Nc1ccc(O)cc1)n1cnc2ccccc2c1=O. The second-order valence-electron chi connectivity index (χ2n) is 5.19. The van der Waals surface area contributed by atoms with Crippen LogP contribution >= 0.6 is 0 Å². The van der Waals surface area contributed by atoms with Gasteiger partial charge in [-0.05, 0) is 43.3 Å². The van der Waals surface area contributed by atoms with Crippen molar-refractivity contribution in [3.05, 3.63) is 65.2 Å². The average Bonchev–Trinajstić information content (AvgIpc) is 2.57. The molecule has 0 aliphatic rings. The number of aromatic hydroxyl groups is 1. The number of aromatic nitrogens is 2. The normalized spacial score (nSPS) is 12.0. The Hall–Kier alpha value is -3.15. The summed E-state index contributed by atoms with van der Waals surface area (Å²) in [6.45, 7) is 1.63. The Morgan fingerprint density at radius 1 is 1.17 bits per heavy atom. The van der Waals surface area contributed by atoms with Gasteiger partial charge in [-0.3, -0.25) is 14.2 Å². The van der Waals surface area contributed by atoms with E-state index >= 15 is 0 Å². The van der Waals surface area contributed by atoms with Crippen molar-refractivity contribution in [3.8, 4) is 5.75 Å². The predicted molar refractivity (Wildman–Crippen MR) is 87.5 cm³/mol. The molecule has 1 atom stereocenters. The van der Waals surface area contributed by atoms with Gasteiger partial charge in [0.05, 0.1) is 17.2 Å². The molecule has 0 unspecified atom stereocenters. The zero-order valence-corrected chi connectivity index (χ0v) is 12.4. The van der Waals surface area contributed by atoms with Crippen molar-refractivity contribution in [2.45, 2.75) is 13.0 Å². The summed E-state index contributed by atoms with van der Waals surface area (Å²) in [6.07, 6.45) is 1.38. The molecule has 0 saturated carbocycles. The van der Waals surface area contributed by atoms with Crippen molar-refractivity contribution in [3.63, 3.8) is 0 Å². The topological polar surface area (TPSA) is 84.2 Å². The minimum Gasteiger partial charge on any atom is -0.508 e. The summed E-state index contributed by atoms with van der Waals surface area (Å²) in [4.78, 5) is 29.0. The molecule has 2 N–H and O–H groups in total. The molecule has 1 heterocycles. The van der Waals surface area contributed by atoms with Crippen LogP contribution in [0.1, 0.15) is 13.0 Å². The standard InChI is InChI=1S/C17H15N3O3/c1-11(16(22)19-12-6-8-13(21)9-7-12)20-10-18-15-5-3-2-4-14(15)17(20)23/h2-11,21H,1H3,(H,19,22)/t11-/m0/s1. The van der Waals surface area contributed by atoms with Crippen molar-refractivity contribution in [2.24, 2.45) is 0 Å². The Bertz CT molecular complexity index is 916. The molecule has 3 aromatic rings. The van der Waals surface area contributed by atoms with Crippen LogP contribution in [0.5, 0.6) is 5.75 Å². The van der Waals surface area contributed by atoms with Gasteiger partial charge in [0.25, 0.3) is 5.56 Å². The highest BCUT2D eigenvalue weighted by atomic mass is 16.3. The Labute approximate surface area is 132 Å². The highest BCUT2D eigenvalue weighted by molar-refractivity contribution is 5.93. The number of phenolic OH excluding ortho intramolecular Hbond substituents is 1. The molecule has 23 heavy (non-hydrogen) atoms. The molecule has 0 radical (unpaired) electrons. The molecule has 0 aliphatic heterocycles. The second kappa shape index (κ2) is 5.92. The highest BCUT2D eigenvalue weighted by Gasteiger charge is 2.17. The van der Waals surface area contributed by atoms with Gasteiger partial charge in [0, 0.05) is 5.69 Å². The van der Waals surface area contributed by atoms with Gasteiger partial charge in [-0.1, -0.05) is 12.1 Å². The fraction of sp³-hybridized carbons (Fsp3) is 0.118. The lowest BCUT2D eigenvalue weighted by atomic mass is 10.2. The van der Waals surface area contributed by atoms with E-state index in [1.165, 1.54) is 23.0 Å². The maximum absolute atomic E-state index is 12.5. The number of hydrogen-bond acceptors (Lipinski definition) is 4. The maximum atomic E-state index is 12.5. The van der Waals surface area contributed by atoms with E-state index in [9.17, 15) is 14.7 Å².